The molecular formula is C61H33N7O. The number of nitrogens with zero attached hydrogens (tertiary/aromatic N) is 7. The third-order valence-corrected chi connectivity index (χ3v) is 14.2. The maximum atomic E-state index is 9.87. The van der Waals surface area contributed by atoms with Crippen LogP contribution in [-0.2, 0) is 0 Å². The van der Waals surface area contributed by atoms with E-state index >= 15 is 0 Å². The second-order valence-electron chi connectivity index (χ2n) is 17.7. The maximum absolute atomic E-state index is 9.87. The molecule has 15 aromatic rings. The molecule has 0 unspecified atom stereocenters. The van der Waals surface area contributed by atoms with E-state index in [0.717, 1.165) is 93.9 Å². The highest BCUT2D eigenvalue weighted by molar-refractivity contribution is 6.40. The summed E-state index contributed by atoms with van der Waals surface area (Å²) in [4.78, 5) is 5.03. The summed E-state index contributed by atoms with van der Waals surface area (Å²) in [5, 5.41) is 29.5. The maximum Gasteiger partial charge on any atom is 0.177 e. The topological polar surface area (TPSA) is 93.3 Å². The highest BCUT2D eigenvalue weighted by atomic mass is 16.3. The Morgan fingerprint density at radius 1 is 0.377 bits per heavy atom. The van der Waals surface area contributed by atoms with Crippen LogP contribution in [0.5, 0.6) is 0 Å². The Labute approximate surface area is 392 Å². The Morgan fingerprint density at radius 3 is 1.32 bits per heavy atom. The summed E-state index contributed by atoms with van der Waals surface area (Å²) >= 11 is 0. The first-order valence-corrected chi connectivity index (χ1v) is 22.9. The second-order valence-corrected chi connectivity index (χ2v) is 17.7. The molecule has 0 spiro atoms. The zero-order valence-electron chi connectivity index (χ0n) is 36.6. The molecule has 69 heavy (non-hydrogen) atoms. The molecule has 0 fully saturated rings. The predicted molar refractivity (Wildman–Crippen MR) is 278 cm³/mol. The van der Waals surface area contributed by atoms with Gasteiger partial charge < -0.3 is 22.7 Å². The predicted octanol–water partition coefficient (Wildman–Crippen LogP) is 15.1. The molecule has 0 N–H and O–H groups in total. The first kappa shape index (κ1) is 37.3. The third-order valence-electron chi connectivity index (χ3n) is 14.2. The number of furan rings is 1. The molecule has 0 bridgehead atoms. The lowest BCUT2D eigenvalue weighted by molar-refractivity contribution is 0.665. The number of nitriles is 2. The standard InChI is InChI=1S/C61H33N7O/c62-34-36-23-26-50-44(31-36)45-32-37(35-63)24-27-51(45)68(50)52-29-30-64-57-46-33-40(25-28-53(46)69-61(52)57)67-49-22-12-9-19-43(49)56-59-54(41-17-7-10-20-47(41)65(59)38-13-3-1-4-14-38)58-55(60(56)67)42-18-8-11-21-48(42)66(58)39-15-5-2-6-16-39/h1-33H. The lowest BCUT2D eigenvalue weighted by Crippen LogP contribution is -1.98. The number of hydrogen-bond acceptors (Lipinski definition) is 4. The number of para-hydroxylation sites is 5. The highest BCUT2D eigenvalue weighted by Gasteiger charge is 2.29. The molecular weight excluding hydrogens is 847 g/mol. The summed E-state index contributed by atoms with van der Waals surface area (Å²) in [6.45, 7) is 0. The largest absolute Gasteiger partial charge is 0.452 e. The SMILES string of the molecule is N#Cc1ccc2c(c1)c1cc(C#N)ccc1n2-c1ccnc2c1oc1ccc(-n3c4ccccc4c4c5c(c6ccccc6n5-c5ccccc5)c5c(c6ccccc6n5-c5ccccc5)c43)cc12. The van der Waals surface area contributed by atoms with E-state index in [-0.39, 0.29) is 0 Å². The first-order chi connectivity index (χ1) is 34.2. The van der Waals surface area contributed by atoms with Crippen molar-refractivity contribution in [1.29, 1.82) is 10.5 Å². The summed E-state index contributed by atoms with van der Waals surface area (Å²) in [6, 6.07) is 72.4. The first-order valence-electron chi connectivity index (χ1n) is 22.9. The van der Waals surface area contributed by atoms with Gasteiger partial charge in [-0.3, -0.25) is 4.98 Å². The molecule has 0 saturated carbocycles. The smallest absolute Gasteiger partial charge is 0.177 e. The monoisotopic (exact) mass is 879 g/mol. The van der Waals surface area contributed by atoms with Gasteiger partial charge in [0.25, 0.3) is 0 Å². The normalized spacial score (nSPS) is 12.0. The lowest BCUT2D eigenvalue weighted by atomic mass is 10.0. The lowest BCUT2D eigenvalue weighted by Gasteiger charge is -2.13. The average Bonchev–Trinajstić information content (AvgIpc) is 4.21. The average molecular weight is 880 g/mol. The van der Waals surface area contributed by atoms with Crippen molar-refractivity contribution in [3.05, 3.63) is 211 Å². The Kier molecular flexibility index (Phi) is 7.48. The van der Waals surface area contributed by atoms with E-state index in [1.54, 1.807) is 0 Å². The summed E-state index contributed by atoms with van der Waals surface area (Å²) in [7, 11) is 0. The van der Waals surface area contributed by atoms with Crippen LogP contribution in [-0.4, -0.2) is 23.3 Å². The molecule has 9 aromatic carbocycles. The Hall–Kier alpha value is -9.89. The minimum Gasteiger partial charge on any atom is -0.452 e. The molecule has 8 nitrogen and oxygen atoms in total. The quantitative estimate of drug-likeness (QED) is 0.176. The van der Waals surface area contributed by atoms with E-state index in [1.807, 2.05) is 48.7 Å². The van der Waals surface area contributed by atoms with Gasteiger partial charge in [0, 0.05) is 71.7 Å². The van der Waals surface area contributed by atoms with E-state index in [0.29, 0.717) is 22.3 Å². The number of aromatic nitrogens is 5. The van der Waals surface area contributed by atoms with Crippen molar-refractivity contribution < 1.29 is 4.42 Å². The van der Waals surface area contributed by atoms with Gasteiger partial charge in [0.15, 0.2) is 5.58 Å². The van der Waals surface area contributed by atoms with Gasteiger partial charge in [-0.1, -0.05) is 91.0 Å². The van der Waals surface area contributed by atoms with Crippen LogP contribution in [0.1, 0.15) is 11.1 Å². The zero-order valence-corrected chi connectivity index (χ0v) is 36.6. The van der Waals surface area contributed by atoms with E-state index < -0.39 is 0 Å². The van der Waals surface area contributed by atoms with E-state index in [4.69, 9.17) is 9.40 Å². The Bertz CT molecular complexity index is 4660. The molecule has 15 rings (SSSR count). The fourth-order valence-electron chi connectivity index (χ4n) is 11.5. The van der Waals surface area contributed by atoms with E-state index in [2.05, 4.69) is 182 Å². The van der Waals surface area contributed by atoms with Gasteiger partial charge in [0.1, 0.15) is 11.1 Å². The van der Waals surface area contributed by atoms with Crippen LogP contribution >= 0.6 is 0 Å². The molecule has 0 aliphatic rings. The van der Waals surface area contributed by atoms with Gasteiger partial charge in [-0.15, -0.1) is 0 Å². The van der Waals surface area contributed by atoms with Gasteiger partial charge in [-0.25, -0.2) is 0 Å². The molecule has 0 amide bonds. The number of benzene rings is 9. The minimum absolute atomic E-state index is 0.550. The third kappa shape index (κ3) is 4.96. The number of fused-ring (bicyclic) bond motifs is 18. The molecule has 0 radical (unpaired) electrons. The minimum atomic E-state index is 0.550. The van der Waals surface area contributed by atoms with Gasteiger partial charge >= 0.3 is 0 Å². The highest BCUT2D eigenvalue weighted by Crippen LogP contribution is 2.50. The molecule has 0 atom stereocenters. The summed E-state index contributed by atoms with van der Waals surface area (Å²) in [5.41, 5.74) is 15.7. The van der Waals surface area contributed by atoms with E-state index in [1.165, 1.54) is 26.9 Å². The van der Waals surface area contributed by atoms with Crippen LogP contribution in [0.3, 0.4) is 0 Å². The number of rotatable bonds is 4. The van der Waals surface area contributed by atoms with Crippen molar-refractivity contribution >= 4 is 109 Å². The fraction of sp³-hybridized carbons (Fsp3) is 0. The fourth-order valence-corrected chi connectivity index (χ4v) is 11.5. The summed E-state index contributed by atoms with van der Waals surface area (Å²) in [5.74, 6) is 0. The van der Waals surface area contributed by atoms with Crippen molar-refractivity contribution in [3.63, 3.8) is 0 Å². The Balaban J connectivity index is 1.10. The molecule has 6 heterocycles. The number of pyridine rings is 1. The van der Waals surface area contributed by atoms with Crippen LogP contribution in [0.2, 0.25) is 0 Å². The van der Waals surface area contributed by atoms with Crippen LogP contribution in [0.25, 0.3) is 132 Å². The van der Waals surface area contributed by atoms with Crippen LogP contribution in [0.15, 0.2) is 205 Å². The van der Waals surface area contributed by atoms with Crippen LogP contribution in [0.4, 0.5) is 0 Å². The van der Waals surface area contributed by atoms with Crippen LogP contribution < -0.4 is 0 Å². The second kappa shape index (κ2) is 13.8. The van der Waals surface area contributed by atoms with Crippen molar-refractivity contribution in [2.45, 2.75) is 0 Å². The van der Waals surface area contributed by atoms with Crippen molar-refractivity contribution in [1.82, 2.24) is 23.3 Å². The molecule has 6 aromatic heterocycles. The van der Waals surface area contributed by atoms with Gasteiger partial charge in [-0.2, -0.15) is 10.5 Å². The zero-order chi connectivity index (χ0) is 45.5. The van der Waals surface area contributed by atoms with Crippen LogP contribution in [0, 0.1) is 22.7 Å². The van der Waals surface area contributed by atoms with Gasteiger partial charge in [0.05, 0.1) is 73.1 Å². The van der Waals surface area contributed by atoms with Gasteiger partial charge in [-0.05, 0) is 103 Å². The molecule has 8 heteroatoms. The Morgan fingerprint density at radius 2 is 0.826 bits per heavy atom. The molecule has 0 aliphatic heterocycles. The van der Waals surface area contributed by atoms with E-state index in [9.17, 15) is 10.5 Å². The van der Waals surface area contributed by atoms with Crippen molar-refractivity contribution in [2.24, 2.45) is 0 Å². The number of hydrogen-bond donors (Lipinski definition) is 0. The molecule has 0 aliphatic carbocycles. The van der Waals surface area contributed by atoms with Crippen molar-refractivity contribution in [2.75, 3.05) is 0 Å². The molecule has 318 valence electrons. The van der Waals surface area contributed by atoms with Gasteiger partial charge in [0.2, 0.25) is 0 Å². The summed E-state index contributed by atoms with van der Waals surface area (Å²) < 4.78 is 16.4. The molecule has 0 saturated heterocycles. The summed E-state index contributed by atoms with van der Waals surface area (Å²) in [6.07, 6.45) is 1.84. The van der Waals surface area contributed by atoms with Crippen molar-refractivity contribution in [3.8, 4) is 34.9 Å².